The molecule has 17 heavy (non-hydrogen) atoms. The molecule has 1 aromatic carbocycles. The van der Waals surface area contributed by atoms with E-state index in [9.17, 15) is 9.90 Å². The molecule has 2 aromatic rings. The standard InChI is InChI=1S/C14H11NO2/c16-12-6-3-10(4-7-12)14(17)13-8-5-11-2-1-9-15(11)13/h1-8,16H,9H2. The highest BCUT2D eigenvalue weighted by Crippen LogP contribution is 2.20. The first-order valence-corrected chi connectivity index (χ1v) is 5.45. The predicted molar refractivity (Wildman–Crippen MR) is 65.0 cm³/mol. The molecule has 0 spiro atoms. The molecule has 0 saturated heterocycles. The topological polar surface area (TPSA) is 42.2 Å². The van der Waals surface area contributed by atoms with Crippen molar-refractivity contribution in [3.05, 3.63) is 59.4 Å². The molecule has 0 amide bonds. The number of carbonyl (C=O) groups excluding carboxylic acids is 1. The Morgan fingerprint density at radius 1 is 1.12 bits per heavy atom. The fourth-order valence-corrected chi connectivity index (χ4v) is 2.07. The summed E-state index contributed by atoms with van der Waals surface area (Å²) in [5.41, 5.74) is 2.35. The number of phenolic OH excluding ortho intramolecular Hbond substituents is 1. The maximum atomic E-state index is 12.2. The summed E-state index contributed by atoms with van der Waals surface area (Å²) >= 11 is 0. The monoisotopic (exact) mass is 225 g/mol. The van der Waals surface area contributed by atoms with Crippen molar-refractivity contribution in [3.63, 3.8) is 0 Å². The van der Waals surface area contributed by atoms with E-state index >= 15 is 0 Å². The number of allylic oxidation sites excluding steroid dienone is 1. The molecule has 1 aromatic heterocycles. The second-order valence-corrected chi connectivity index (χ2v) is 4.03. The third-order valence-electron chi connectivity index (χ3n) is 2.95. The third kappa shape index (κ3) is 1.56. The van der Waals surface area contributed by atoms with Crippen LogP contribution in [0.25, 0.3) is 6.08 Å². The number of benzene rings is 1. The zero-order valence-corrected chi connectivity index (χ0v) is 9.13. The molecule has 0 fully saturated rings. The molecule has 1 N–H and O–H groups in total. The van der Waals surface area contributed by atoms with Gasteiger partial charge in [0, 0.05) is 17.8 Å². The number of aromatic nitrogens is 1. The van der Waals surface area contributed by atoms with E-state index in [1.165, 1.54) is 12.1 Å². The van der Waals surface area contributed by atoms with Crippen LogP contribution >= 0.6 is 0 Å². The molecule has 0 bridgehead atoms. The molecule has 3 nitrogen and oxygen atoms in total. The molecule has 0 atom stereocenters. The number of fused-ring (bicyclic) bond motifs is 1. The summed E-state index contributed by atoms with van der Waals surface area (Å²) in [6.07, 6.45) is 4.04. The van der Waals surface area contributed by atoms with Crippen LogP contribution in [-0.4, -0.2) is 15.5 Å². The van der Waals surface area contributed by atoms with Gasteiger partial charge < -0.3 is 9.67 Å². The van der Waals surface area contributed by atoms with E-state index in [4.69, 9.17) is 0 Å². The van der Waals surface area contributed by atoms with E-state index < -0.39 is 0 Å². The first-order chi connectivity index (χ1) is 8.25. The Labute approximate surface area is 98.6 Å². The van der Waals surface area contributed by atoms with Crippen LogP contribution in [-0.2, 0) is 6.54 Å². The number of hydrogen-bond acceptors (Lipinski definition) is 2. The molecule has 3 heteroatoms. The van der Waals surface area contributed by atoms with Gasteiger partial charge in [0.25, 0.3) is 0 Å². The van der Waals surface area contributed by atoms with Gasteiger partial charge in [-0.3, -0.25) is 4.79 Å². The van der Waals surface area contributed by atoms with Gasteiger partial charge in [-0.15, -0.1) is 0 Å². The van der Waals surface area contributed by atoms with Gasteiger partial charge in [0.15, 0.2) is 0 Å². The average Bonchev–Trinajstić information content (AvgIpc) is 2.90. The Hall–Kier alpha value is -2.29. The van der Waals surface area contributed by atoms with Gasteiger partial charge in [0.1, 0.15) is 5.75 Å². The fraction of sp³-hybridized carbons (Fsp3) is 0.0714. The zero-order valence-electron chi connectivity index (χ0n) is 9.13. The number of rotatable bonds is 2. The Morgan fingerprint density at radius 3 is 2.65 bits per heavy atom. The summed E-state index contributed by atoms with van der Waals surface area (Å²) < 4.78 is 1.98. The summed E-state index contributed by atoms with van der Waals surface area (Å²) in [7, 11) is 0. The molecule has 1 aliphatic heterocycles. The molecule has 2 heterocycles. The molecule has 0 aliphatic carbocycles. The van der Waals surface area contributed by atoms with Crippen molar-refractivity contribution < 1.29 is 9.90 Å². The molecule has 3 rings (SSSR count). The minimum atomic E-state index is -0.0139. The van der Waals surface area contributed by atoms with Crippen molar-refractivity contribution in [1.82, 2.24) is 4.57 Å². The third-order valence-corrected chi connectivity index (χ3v) is 2.95. The van der Waals surface area contributed by atoms with Gasteiger partial charge >= 0.3 is 0 Å². The zero-order chi connectivity index (χ0) is 11.8. The SMILES string of the molecule is O=C(c1ccc(O)cc1)c1ccc2n1CC=C2. The van der Waals surface area contributed by atoms with Crippen molar-refractivity contribution in [3.8, 4) is 5.75 Å². The summed E-state index contributed by atoms with van der Waals surface area (Å²) in [6.45, 7) is 0.751. The second kappa shape index (κ2) is 3.63. The molecule has 84 valence electrons. The van der Waals surface area contributed by atoms with Crippen LogP contribution in [0.5, 0.6) is 5.75 Å². The van der Waals surface area contributed by atoms with Crippen LogP contribution in [0.15, 0.2) is 42.5 Å². The molecular weight excluding hydrogens is 214 g/mol. The Morgan fingerprint density at radius 2 is 1.88 bits per heavy atom. The maximum Gasteiger partial charge on any atom is 0.209 e. The van der Waals surface area contributed by atoms with Gasteiger partial charge in [0.05, 0.1) is 5.69 Å². The normalized spacial score (nSPS) is 12.7. The van der Waals surface area contributed by atoms with Crippen LogP contribution < -0.4 is 0 Å². The minimum Gasteiger partial charge on any atom is -0.508 e. The van der Waals surface area contributed by atoms with E-state index in [1.807, 2.05) is 28.9 Å². The summed E-state index contributed by atoms with van der Waals surface area (Å²) in [4.78, 5) is 12.2. The van der Waals surface area contributed by atoms with Gasteiger partial charge in [-0.05, 0) is 42.5 Å². The van der Waals surface area contributed by atoms with Crippen LogP contribution in [0.4, 0.5) is 0 Å². The summed E-state index contributed by atoms with van der Waals surface area (Å²) in [5.74, 6) is 0.156. The van der Waals surface area contributed by atoms with Crippen molar-refractivity contribution in [2.75, 3.05) is 0 Å². The van der Waals surface area contributed by atoms with Gasteiger partial charge in [-0.2, -0.15) is 0 Å². The van der Waals surface area contributed by atoms with Crippen molar-refractivity contribution >= 4 is 11.9 Å². The fourth-order valence-electron chi connectivity index (χ4n) is 2.07. The number of carbonyl (C=O) groups is 1. The molecule has 0 radical (unpaired) electrons. The highest BCUT2D eigenvalue weighted by molar-refractivity contribution is 6.08. The molecule has 0 saturated carbocycles. The van der Waals surface area contributed by atoms with E-state index in [0.29, 0.717) is 11.3 Å². The lowest BCUT2D eigenvalue weighted by Gasteiger charge is -2.05. The number of nitrogens with zero attached hydrogens (tertiary/aromatic N) is 1. The van der Waals surface area contributed by atoms with Crippen LogP contribution in [0.3, 0.4) is 0 Å². The lowest BCUT2D eigenvalue weighted by molar-refractivity contribution is 0.103. The predicted octanol–water partition coefficient (Wildman–Crippen LogP) is 2.45. The van der Waals surface area contributed by atoms with Crippen LogP contribution in [0, 0.1) is 0 Å². The quantitative estimate of drug-likeness (QED) is 0.798. The number of ketones is 1. The van der Waals surface area contributed by atoms with E-state index in [2.05, 4.69) is 0 Å². The summed E-state index contributed by atoms with van der Waals surface area (Å²) in [5, 5.41) is 9.20. The maximum absolute atomic E-state index is 12.2. The first-order valence-electron chi connectivity index (χ1n) is 5.45. The largest absolute Gasteiger partial charge is 0.508 e. The average molecular weight is 225 g/mol. The Bertz CT molecular complexity index is 606. The highest BCUT2D eigenvalue weighted by Gasteiger charge is 2.17. The first kappa shape index (κ1) is 9.90. The van der Waals surface area contributed by atoms with Gasteiger partial charge in [0.2, 0.25) is 5.78 Å². The van der Waals surface area contributed by atoms with Gasteiger partial charge in [-0.25, -0.2) is 0 Å². The van der Waals surface area contributed by atoms with Crippen molar-refractivity contribution in [2.24, 2.45) is 0 Å². The smallest absolute Gasteiger partial charge is 0.209 e. The van der Waals surface area contributed by atoms with Crippen molar-refractivity contribution in [1.29, 1.82) is 0 Å². The molecular formula is C14H11NO2. The minimum absolute atomic E-state index is 0.0139. The lowest BCUT2D eigenvalue weighted by atomic mass is 10.1. The Kier molecular flexibility index (Phi) is 2.11. The van der Waals surface area contributed by atoms with Crippen molar-refractivity contribution in [2.45, 2.75) is 6.54 Å². The van der Waals surface area contributed by atoms with Crippen LogP contribution in [0.2, 0.25) is 0 Å². The van der Waals surface area contributed by atoms with Crippen LogP contribution in [0.1, 0.15) is 21.7 Å². The number of phenols is 1. The summed E-state index contributed by atoms with van der Waals surface area (Å²) in [6, 6.07) is 10.1. The van der Waals surface area contributed by atoms with E-state index in [0.717, 1.165) is 12.2 Å². The van der Waals surface area contributed by atoms with Gasteiger partial charge in [-0.1, -0.05) is 6.08 Å². The highest BCUT2D eigenvalue weighted by atomic mass is 16.3. The number of aromatic hydroxyl groups is 1. The van der Waals surface area contributed by atoms with E-state index in [-0.39, 0.29) is 11.5 Å². The lowest BCUT2D eigenvalue weighted by Crippen LogP contribution is -2.08. The molecule has 0 unspecified atom stereocenters. The number of hydrogen-bond donors (Lipinski definition) is 1. The Balaban J connectivity index is 2.00. The second-order valence-electron chi connectivity index (χ2n) is 4.03. The van der Waals surface area contributed by atoms with E-state index in [1.54, 1.807) is 12.1 Å². The molecule has 1 aliphatic rings.